The lowest BCUT2D eigenvalue weighted by atomic mass is 10.2. The standard InChI is InChI=1S/C7H15N5O/c1-6(13)4-3-5-8-7-9-10-11-12(7)2/h6,13H,3-5H2,1-2H3,(H,8,9,11). The maximum Gasteiger partial charge on any atom is 0.242 e. The highest BCUT2D eigenvalue weighted by atomic mass is 16.3. The van der Waals surface area contributed by atoms with E-state index in [1.165, 1.54) is 0 Å². The van der Waals surface area contributed by atoms with E-state index in [0.29, 0.717) is 5.95 Å². The molecule has 0 aliphatic heterocycles. The first-order valence-electron chi connectivity index (χ1n) is 4.34. The average Bonchev–Trinajstić information content (AvgIpc) is 2.45. The normalized spacial score (nSPS) is 12.8. The van der Waals surface area contributed by atoms with Crippen molar-refractivity contribution in [3.8, 4) is 0 Å². The second-order valence-corrected chi connectivity index (χ2v) is 3.04. The Labute approximate surface area is 76.9 Å². The number of nitrogens with zero attached hydrogens (tertiary/aromatic N) is 4. The van der Waals surface area contributed by atoms with Crippen LogP contribution in [0.5, 0.6) is 0 Å². The molecule has 1 aromatic rings. The molecule has 0 bridgehead atoms. The summed E-state index contributed by atoms with van der Waals surface area (Å²) in [6, 6.07) is 0. The van der Waals surface area contributed by atoms with Crippen LogP contribution in [0.2, 0.25) is 0 Å². The van der Waals surface area contributed by atoms with E-state index < -0.39 is 0 Å². The van der Waals surface area contributed by atoms with Crippen LogP contribution in [0.3, 0.4) is 0 Å². The highest BCUT2D eigenvalue weighted by Crippen LogP contribution is 1.99. The highest BCUT2D eigenvalue weighted by Gasteiger charge is 2.00. The number of aryl methyl sites for hydroxylation is 1. The van der Waals surface area contributed by atoms with Crippen LogP contribution in [-0.2, 0) is 7.05 Å². The molecule has 0 aromatic carbocycles. The Hall–Kier alpha value is -1.17. The molecule has 1 aromatic heterocycles. The third-order valence-electron chi connectivity index (χ3n) is 1.70. The van der Waals surface area contributed by atoms with E-state index in [1.807, 2.05) is 0 Å². The van der Waals surface area contributed by atoms with Gasteiger partial charge in [0.15, 0.2) is 0 Å². The summed E-state index contributed by atoms with van der Waals surface area (Å²) in [4.78, 5) is 0. The highest BCUT2D eigenvalue weighted by molar-refractivity contribution is 5.20. The minimum absolute atomic E-state index is 0.237. The number of aromatic nitrogens is 4. The molecule has 1 unspecified atom stereocenters. The fourth-order valence-corrected chi connectivity index (χ4v) is 0.977. The minimum Gasteiger partial charge on any atom is -0.393 e. The predicted molar refractivity (Wildman–Crippen MR) is 48.2 cm³/mol. The summed E-state index contributed by atoms with van der Waals surface area (Å²) in [5, 5.41) is 23.0. The van der Waals surface area contributed by atoms with Gasteiger partial charge in [0.05, 0.1) is 6.10 Å². The fraction of sp³-hybridized carbons (Fsp3) is 0.857. The van der Waals surface area contributed by atoms with Gasteiger partial charge >= 0.3 is 0 Å². The molecule has 0 amide bonds. The quantitative estimate of drug-likeness (QED) is 0.620. The zero-order chi connectivity index (χ0) is 9.68. The first-order chi connectivity index (χ1) is 6.20. The molecular weight excluding hydrogens is 170 g/mol. The Morgan fingerprint density at radius 2 is 2.38 bits per heavy atom. The lowest BCUT2D eigenvalue weighted by Crippen LogP contribution is -2.09. The van der Waals surface area contributed by atoms with Crippen molar-refractivity contribution >= 4 is 5.95 Å². The molecule has 0 aliphatic carbocycles. The van der Waals surface area contributed by atoms with Crippen molar-refractivity contribution in [2.75, 3.05) is 11.9 Å². The summed E-state index contributed by atoms with van der Waals surface area (Å²) < 4.78 is 1.57. The number of rotatable bonds is 5. The molecule has 1 heterocycles. The zero-order valence-corrected chi connectivity index (χ0v) is 7.93. The van der Waals surface area contributed by atoms with Gasteiger partial charge in [-0.15, -0.1) is 0 Å². The molecule has 0 spiro atoms. The van der Waals surface area contributed by atoms with Crippen LogP contribution in [0.15, 0.2) is 0 Å². The van der Waals surface area contributed by atoms with Crippen LogP contribution in [0.4, 0.5) is 5.95 Å². The van der Waals surface area contributed by atoms with Gasteiger partial charge in [0.25, 0.3) is 0 Å². The molecule has 2 N–H and O–H groups in total. The SMILES string of the molecule is CC(O)CCCNc1nnnn1C. The van der Waals surface area contributed by atoms with E-state index in [4.69, 9.17) is 5.11 Å². The number of anilines is 1. The van der Waals surface area contributed by atoms with E-state index in [0.717, 1.165) is 19.4 Å². The second-order valence-electron chi connectivity index (χ2n) is 3.04. The Morgan fingerprint density at radius 3 is 2.92 bits per heavy atom. The van der Waals surface area contributed by atoms with Gasteiger partial charge in [0, 0.05) is 13.6 Å². The third-order valence-corrected chi connectivity index (χ3v) is 1.70. The van der Waals surface area contributed by atoms with Gasteiger partial charge in [-0.3, -0.25) is 0 Å². The Morgan fingerprint density at radius 1 is 1.62 bits per heavy atom. The topological polar surface area (TPSA) is 75.9 Å². The number of hydrogen-bond donors (Lipinski definition) is 2. The largest absolute Gasteiger partial charge is 0.393 e. The summed E-state index contributed by atoms with van der Waals surface area (Å²) in [6.07, 6.45) is 1.46. The van der Waals surface area contributed by atoms with E-state index in [1.54, 1.807) is 18.7 Å². The van der Waals surface area contributed by atoms with E-state index in [9.17, 15) is 0 Å². The van der Waals surface area contributed by atoms with E-state index in [-0.39, 0.29) is 6.10 Å². The lowest BCUT2D eigenvalue weighted by Gasteiger charge is -2.05. The van der Waals surface area contributed by atoms with Crippen LogP contribution < -0.4 is 5.32 Å². The molecule has 0 saturated heterocycles. The van der Waals surface area contributed by atoms with Gasteiger partial charge in [-0.25, -0.2) is 4.68 Å². The average molecular weight is 185 g/mol. The molecule has 0 aliphatic rings. The summed E-state index contributed by atoms with van der Waals surface area (Å²) in [5.41, 5.74) is 0. The molecule has 6 heteroatoms. The van der Waals surface area contributed by atoms with Crippen molar-refractivity contribution in [3.05, 3.63) is 0 Å². The molecular formula is C7H15N5O. The molecule has 1 atom stereocenters. The summed E-state index contributed by atoms with van der Waals surface area (Å²) in [5.74, 6) is 0.658. The van der Waals surface area contributed by atoms with Gasteiger partial charge in [0.2, 0.25) is 5.95 Å². The Balaban J connectivity index is 2.17. The van der Waals surface area contributed by atoms with Crippen LogP contribution in [0, 0.1) is 0 Å². The minimum atomic E-state index is -0.237. The van der Waals surface area contributed by atoms with Gasteiger partial charge in [0.1, 0.15) is 0 Å². The molecule has 13 heavy (non-hydrogen) atoms. The number of tetrazole rings is 1. The van der Waals surface area contributed by atoms with Crippen LogP contribution in [-0.4, -0.2) is 38.0 Å². The van der Waals surface area contributed by atoms with Crippen molar-refractivity contribution in [3.63, 3.8) is 0 Å². The van der Waals surface area contributed by atoms with Gasteiger partial charge < -0.3 is 10.4 Å². The predicted octanol–water partition coefficient (Wildman–Crippen LogP) is -0.217. The van der Waals surface area contributed by atoms with Crippen molar-refractivity contribution < 1.29 is 5.11 Å². The molecule has 1 rings (SSSR count). The second kappa shape index (κ2) is 4.76. The van der Waals surface area contributed by atoms with Gasteiger partial charge in [-0.2, -0.15) is 0 Å². The molecule has 0 fully saturated rings. The van der Waals surface area contributed by atoms with Crippen molar-refractivity contribution in [2.24, 2.45) is 7.05 Å². The van der Waals surface area contributed by atoms with Crippen molar-refractivity contribution in [1.82, 2.24) is 20.2 Å². The molecule has 74 valence electrons. The third kappa shape index (κ3) is 3.37. The summed E-state index contributed by atoms with van der Waals surface area (Å²) in [6.45, 7) is 2.56. The maximum atomic E-state index is 8.99. The van der Waals surface area contributed by atoms with Crippen LogP contribution in [0.1, 0.15) is 19.8 Å². The number of aliphatic hydroxyl groups is 1. The van der Waals surface area contributed by atoms with Crippen LogP contribution in [0.25, 0.3) is 0 Å². The van der Waals surface area contributed by atoms with Gasteiger partial charge in [-0.05, 0) is 30.2 Å². The summed E-state index contributed by atoms with van der Waals surface area (Å²) >= 11 is 0. The lowest BCUT2D eigenvalue weighted by molar-refractivity contribution is 0.183. The number of aliphatic hydroxyl groups excluding tert-OH is 1. The van der Waals surface area contributed by atoms with Crippen molar-refractivity contribution in [1.29, 1.82) is 0 Å². The van der Waals surface area contributed by atoms with Gasteiger partial charge in [-0.1, -0.05) is 5.10 Å². The zero-order valence-electron chi connectivity index (χ0n) is 7.93. The smallest absolute Gasteiger partial charge is 0.242 e. The maximum absolute atomic E-state index is 8.99. The van der Waals surface area contributed by atoms with E-state index in [2.05, 4.69) is 20.8 Å². The number of hydrogen-bond acceptors (Lipinski definition) is 5. The summed E-state index contributed by atoms with van der Waals surface area (Å²) in [7, 11) is 1.77. The Kier molecular flexibility index (Phi) is 3.63. The Bertz CT molecular complexity index is 247. The first-order valence-corrected chi connectivity index (χ1v) is 4.34. The molecule has 6 nitrogen and oxygen atoms in total. The molecule has 0 radical (unpaired) electrons. The first kappa shape index (κ1) is 9.91. The van der Waals surface area contributed by atoms with E-state index >= 15 is 0 Å². The fourth-order valence-electron chi connectivity index (χ4n) is 0.977. The monoisotopic (exact) mass is 185 g/mol. The number of nitrogens with one attached hydrogen (secondary N) is 1. The molecule has 0 saturated carbocycles. The van der Waals surface area contributed by atoms with Crippen LogP contribution >= 0.6 is 0 Å². The van der Waals surface area contributed by atoms with Crippen molar-refractivity contribution in [2.45, 2.75) is 25.9 Å².